The Labute approximate surface area is 88.5 Å². The lowest BCUT2D eigenvalue weighted by atomic mass is 10.0. The fourth-order valence-electron chi connectivity index (χ4n) is 1.18. The van der Waals surface area contributed by atoms with Gasteiger partial charge in [-0.1, -0.05) is 18.2 Å². The van der Waals surface area contributed by atoms with E-state index in [0.717, 1.165) is 12.1 Å². The zero-order valence-corrected chi connectivity index (χ0v) is 7.84. The summed E-state index contributed by atoms with van der Waals surface area (Å²) in [6.07, 6.45) is -3.26. The van der Waals surface area contributed by atoms with Crippen LogP contribution in [0.15, 0.2) is 30.3 Å². The zero-order chi connectivity index (χ0) is 12.3. The van der Waals surface area contributed by atoms with Crippen LogP contribution in [-0.4, -0.2) is 22.2 Å². The van der Waals surface area contributed by atoms with Crippen molar-refractivity contribution in [1.29, 1.82) is 0 Å². The molecule has 0 aliphatic rings. The van der Waals surface area contributed by atoms with Gasteiger partial charge in [-0.3, -0.25) is 10.1 Å². The Bertz CT molecular complexity index is 411. The van der Waals surface area contributed by atoms with E-state index >= 15 is 0 Å². The summed E-state index contributed by atoms with van der Waals surface area (Å²) in [5.41, 5.74) is -0.644. The molecule has 2 unspecified atom stereocenters. The number of benzene rings is 1. The molecule has 0 spiro atoms. The number of nitro groups is 1. The summed E-state index contributed by atoms with van der Waals surface area (Å²) in [4.78, 5) is 19.2. The molecular weight excluding hydrogens is 224 g/mol. The van der Waals surface area contributed by atoms with Crippen LogP contribution in [0.3, 0.4) is 0 Å². The molecule has 1 aromatic carbocycles. The van der Waals surface area contributed by atoms with E-state index in [4.69, 9.17) is 5.11 Å². The maximum atomic E-state index is 13.8. The van der Waals surface area contributed by atoms with Crippen LogP contribution in [0.1, 0.15) is 5.56 Å². The largest absolute Gasteiger partial charge is 0.479 e. The minimum Gasteiger partial charge on any atom is -0.479 e. The fourth-order valence-corrected chi connectivity index (χ4v) is 1.18. The second-order valence-corrected chi connectivity index (χ2v) is 3.00. The van der Waals surface area contributed by atoms with Gasteiger partial charge in [0.2, 0.25) is 0 Å². The van der Waals surface area contributed by atoms with Crippen LogP contribution in [0, 0.1) is 10.1 Å². The average molecular weight is 231 g/mol. The van der Waals surface area contributed by atoms with Gasteiger partial charge in [-0.25, -0.2) is 9.18 Å². The number of nitrogens with zero attached hydrogens (tertiary/aromatic N) is 1. The van der Waals surface area contributed by atoms with Crippen LogP contribution in [-0.2, 0) is 10.6 Å². The molecule has 0 saturated heterocycles. The third-order valence-corrected chi connectivity index (χ3v) is 2.00. The molecule has 0 bridgehead atoms. The molecule has 0 aliphatic carbocycles. The average Bonchev–Trinajstić information content (AvgIpc) is 2.27. The van der Waals surface area contributed by atoms with Crippen molar-refractivity contribution >= 4 is 5.97 Å². The van der Waals surface area contributed by atoms with Gasteiger partial charge in [0.25, 0.3) is 0 Å². The molecule has 1 rings (SSSR count). The van der Waals surface area contributed by atoms with Crippen molar-refractivity contribution in [3.05, 3.63) is 46.0 Å². The Morgan fingerprint density at radius 2 is 1.94 bits per heavy atom. The number of hydrogen-bond acceptors (Lipinski definition) is 3. The Morgan fingerprint density at radius 3 is 2.31 bits per heavy atom. The number of carboxylic acids is 1. The molecule has 7 heteroatoms. The quantitative estimate of drug-likeness (QED) is 0.483. The third kappa shape index (κ3) is 1.83. The minimum absolute atomic E-state index is 0.644. The van der Waals surface area contributed by atoms with Crippen LogP contribution in [0.4, 0.5) is 8.78 Å². The second kappa shape index (κ2) is 4.21. The van der Waals surface area contributed by atoms with Crippen molar-refractivity contribution in [3.63, 3.8) is 0 Å². The Balaban J connectivity index is 3.28. The first-order valence-electron chi connectivity index (χ1n) is 4.16. The van der Waals surface area contributed by atoms with Crippen LogP contribution in [0.2, 0.25) is 0 Å². The molecule has 16 heavy (non-hydrogen) atoms. The van der Waals surface area contributed by atoms with Crippen molar-refractivity contribution < 1.29 is 23.6 Å². The van der Waals surface area contributed by atoms with Gasteiger partial charge in [-0.15, -0.1) is 0 Å². The monoisotopic (exact) mass is 231 g/mol. The third-order valence-electron chi connectivity index (χ3n) is 2.00. The van der Waals surface area contributed by atoms with Gasteiger partial charge in [0, 0.05) is 0 Å². The summed E-state index contributed by atoms with van der Waals surface area (Å²) < 4.78 is 26.9. The number of carboxylic acid groups (broad SMARTS) is 1. The highest BCUT2D eigenvalue weighted by Gasteiger charge is 2.58. The highest BCUT2D eigenvalue weighted by molar-refractivity contribution is 5.73. The van der Waals surface area contributed by atoms with Gasteiger partial charge in [0.1, 0.15) is 0 Å². The van der Waals surface area contributed by atoms with Crippen molar-refractivity contribution in [1.82, 2.24) is 0 Å². The molecule has 1 aromatic rings. The van der Waals surface area contributed by atoms with Gasteiger partial charge in [-0.05, 0) is 12.1 Å². The Hall–Kier alpha value is -2.05. The van der Waals surface area contributed by atoms with Gasteiger partial charge in [0.15, 0.2) is 0 Å². The first-order chi connectivity index (χ1) is 7.40. The minimum atomic E-state index is -3.77. The topological polar surface area (TPSA) is 80.4 Å². The summed E-state index contributed by atoms with van der Waals surface area (Å²) in [6, 6.07) is 5.86. The molecule has 1 N–H and O–H groups in total. The molecule has 0 fully saturated rings. The first-order valence-corrected chi connectivity index (χ1v) is 4.16. The molecular formula is C9H7F2NO4. The number of aliphatic carboxylic acids is 1. The maximum Gasteiger partial charge on any atom is 0.426 e. The van der Waals surface area contributed by atoms with Gasteiger partial charge in [-0.2, -0.15) is 4.39 Å². The Kier molecular flexibility index (Phi) is 3.17. The normalized spacial score (nSPS) is 16.1. The van der Waals surface area contributed by atoms with E-state index in [-0.39, 0.29) is 0 Å². The number of hydrogen-bond donors (Lipinski definition) is 1. The second-order valence-electron chi connectivity index (χ2n) is 3.00. The van der Waals surface area contributed by atoms with E-state index in [1.165, 1.54) is 18.2 Å². The number of rotatable bonds is 4. The molecule has 0 radical (unpaired) electrons. The van der Waals surface area contributed by atoms with Crippen molar-refractivity contribution in [2.45, 2.75) is 12.0 Å². The molecule has 2 atom stereocenters. The van der Waals surface area contributed by atoms with Crippen molar-refractivity contribution in [2.75, 3.05) is 0 Å². The van der Waals surface area contributed by atoms with Crippen LogP contribution >= 0.6 is 0 Å². The van der Waals surface area contributed by atoms with E-state index in [2.05, 4.69) is 0 Å². The fraction of sp³-hybridized carbons (Fsp3) is 0.222. The predicted octanol–water partition coefficient (Wildman–Crippen LogP) is 1.51. The number of carbonyl (C=O) groups is 1. The summed E-state index contributed by atoms with van der Waals surface area (Å²) in [7, 11) is 0. The van der Waals surface area contributed by atoms with E-state index in [1.54, 1.807) is 0 Å². The molecule has 5 nitrogen and oxygen atoms in total. The molecule has 0 aromatic heterocycles. The zero-order valence-electron chi connectivity index (χ0n) is 7.84. The first kappa shape index (κ1) is 12.0. The molecule has 86 valence electrons. The molecule has 0 aliphatic heterocycles. The number of alkyl halides is 2. The van der Waals surface area contributed by atoms with Crippen LogP contribution < -0.4 is 0 Å². The summed E-state index contributed by atoms with van der Waals surface area (Å²) in [6.45, 7) is 0. The summed E-state index contributed by atoms with van der Waals surface area (Å²) in [5, 5.41) is 18.8. The highest BCUT2D eigenvalue weighted by Crippen LogP contribution is 2.32. The lowest BCUT2D eigenvalue weighted by molar-refractivity contribution is -0.624. The maximum absolute atomic E-state index is 13.8. The lowest BCUT2D eigenvalue weighted by Gasteiger charge is -2.17. The van der Waals surface area contributed by atoms with Gasteiger partial charge in [0.05, 0.1) is 10.5 Å². The summed E-state index contributed by atoms with van der Waals surface area (Å²) in [5.74, 6) is -5.99. The molecule has 0 amide bonds. The number of halogens is 2. The Morgan fingerprint density at radius 1 is 1.44 bits per heavy atom. The molecule has 0 saturated carbocycles. The van der Waals surface area contributed by atoms with Crippen molar-refractivity contribution in [3.8, 4) is 0 Å². The standard InChI is InChI=1S/C9H7F2NO4/c10-7(8(13)14)9(11,12(15)16)6-4-2-1-3-5-6/h1-5,7H,(H,13,14). The van der Waals surface area contributed by atoms with Gasteiger partial charge < -0.3 is 5.11 Å². The van der Waals surface area contributed by atoms with E-state index in [9.17, 15) is 23.7 Å². The van der Waals surface area contributed by atoms with Gasteiger partial charge >= 0.3 is 17.9 Å². The summed E-state index contributed by atoms with van der Waals surface area (Å²) >= 11 is 0. The van der Waals surface area contributed by atoms with Crippen LogP contribution in [0.25, 0.3) is 0 Å². The highest BCUT2D eigenvalue weighted by atomic mass is 19.2. The van der Waals surface area contributed by atoms with E-state index < -0.39 is 28.4 Å². The lowest BCUT2D eigenvalue weighted by Crippen LogP contribution is -2.44. The predicted molar refractivity (Wildman–Crippen MR) is 48.8 cm³/mol. The molecule has 0 heterocycles. The van der Waals surface area contributed by atoms with E-state index in [0.29, 0.717) is 0 Å². The smallest absolute Gasteiger partial charge is 0.426 e. The van der Waals surface area contributed by atoms with E-state index in [1.807, 2.05) is 0 Å². The SMILES string of the molecule is O=C(O)C(F)C(F)(c1ccccc1)[N+](=O)[O-]. The van der Waals surface area contributed by atoms with Crippen LogP contribution in [0.5, 0.6) is 0 Å². The van der Waals surface area contributed by atoms with Crippen molar-refractivity contribution in [2.24, 2.45) is 0 Å².